The van der Waals surface area contributed by atoms with Crippen LogP contribution in [-0.2, 0) is 0 Å². The molecule has 1 atom stereocenters. The van der Waals surface area contributed by atoms with Gasteiger partial charge in [-0.1, -0.05) is 44.1 Å². The summed E-state index contributed by atoms with van der Waals surface area (Å²) in [7, 11) is -0.147. The zero-order chi connectivity index (χ0) is 13.1. The molecule has 1 aliphatic carbocycles. The summed E-state index contributed by atoms with van der Waals surface area (Å²) in [4.78, 5) is 1.49. The Kier molecular flexibility index (Phi) is 4.12. The minimum Gasteiger partial charge on any atom is -0.186 e. The molecule has 1 fully saturated rings. The highest BCUT2D eigenvalue weighted by Gasteiger charge is 2.24. The molecule has 1 unspecified atom stereocenters. The molecule has 19 heavy (non-hydrogen) atoms. The molecule has 1 heterocycles. The number of hydrogen-bond acceptors (Lipinski definition) is 0. The summed E-state index contributed by atoms with van der Waals surface area (Å²) in [6.45, 7) is 2.35. The van der Waals surface area contributed by atoms with E-state index in [-0.39, 0.29) is 10.9 Å². The fourth-order valence-corrected chi connectivity index (χ4v) is 5.11. The fraction of sp³-hybridized carbons (Fsp3) is 0.444. The highest BCUT2D eigenvalue weighted by atomic mass is 32.2. The molecule has 1 aliphatic heterocycles. The van der Waals surface area contributed by atoms with Crippen LogP contribution in [0.15, 0.2) is 52.1 Å². The Labute approximate surface area is 120 Å². The predicted octanol–water partition coefficient (Wildman–Crippen LogP) is 5.77. The molecule has 2 aliphatic rings. The highest BCUT2D eigenvalue weighted by molar-refractivity contribution is 8.22. The predicted molar refractivity (Wildman–Crippen MR) is 87.0 cm³/mol. The Morgan fingerprint density at radius 3 is 2.26 bits per heavy atom. The molecule has 1 aromatic carbocycles. The number of benzene rings is 1. The van der Waals surface area contributed by atoms with Gasteiger partial charge in [-0.3, -0.25) is 0 Å². The normalized spacial score (nSPS) is 22.3. The van der Waals surface area contributed by atoms with Gasteiger partial charge in [0.2, 0.25) is 0 Å². The molecule has 0 N–H and O–H groups in total. The largest absolute Gasteiger partial charge is 0.186 e. The van der Waals surface area contributed by atoms with Crippen LogP contribution in [0, 0.1) is 5.92 Å². The first kappa shape index (κ1) is 13.1. The van der Waals surface area contributed by atoms with Crippen LogP contribution in [0.25, 0.3) is 0 Å². The molecule has 1 saturated carbocycles. The summed E-state index contributed by atoms with van der Waals surface area (Å²) in [6, 6.07) is 9.51. The van der Waals surface area contributed by atoms with Crippen molar-refractivity contribution in [2.24, 2.45) is 5.92 Å². The lowest BCUT2D eigenvalue weighted by molar-refractivity contribution is 0.424. The van der Waals surface area contributed by atoms with E-state index in [2.05, 4.69) is 54.2 Å². The van der Waals surface area contributed by atoms with E-state index in [9.17, 15) is 0 Å². The SMILES string of the molecule is CCC(c1ccc([SH]2C=CC=C2)cc1)C1CCCC1. The number of rotatable bonds is 4. The van der Waals surface area contributed by atoms with Crippen molar-refractivity contribution in [1.29, 1.82) is 0 Å². The molecule has 0 saturated heterocycles. The van der Waals surface area contributed by atoms with E-state index in [4.69, 9.17) is 0 Å². The number of allylic oxidation sites excluding steroid dienone is 2. The average molecular weight is 272 g/mol. The lowest BCUT2D eigenvalue weighted by atomic mass is 9.83. The minimum atomic E-state index is -0.147. The van der Waals surface area contributed by atoms with Crippen LogP contribution in [0.3, 0.4) is 0 Å². The number of hydrogen-bond donors (Lipinski definition) is 1. The van der Waals surface area contributed by atoms with E-state index in [0.29, 0.717) is 0 Å². The van der Waals surface area contributed by atoms with E-state index in [1.807, 2.05) is 0 Å². The summed E-state index contributed by atoms with van der Waals surface area (Å²) in [6.07, 6.45) is 11.4. The zero-order valence-electron chi connectivity index (χ0n) is 11.8. The van der Waals surface area contributed by atoms with Crippen molar-refractivity contribution in [2.75, 3.05) is 0 Å². The Morgan fingerprint density at radius 2 is 1.68 bits per heavy atom. The second-order valence-electron chi connectivity index (χ2n) is 5.74. The van der Waals surface area contributed by atoms with Crippen molar-refractivity contribution in [3.05, 3.63) is 52.8 Å². The van der Waals surface area contributed by atoms with Crippen molar-refractivity contribution in [3.8, 4) is 0 Å². The van der Waals surface area contributed by atoms with E-state index < -0.39 is 0 Å². The Balaban J connectivity index is 1.76. The third-order valence-electron chi connectivity index (χ3n) is 4.63. The van der Waals surface area contributed by atoms with E-state index >= 15 is 0 Å². The summed E-state index contributed by atoms with van der Waals surface area (Å²) in [5, 5.41) is 4.66. The van der Waals surface area contributed by atoms with Gasteiger partial charge in [-0.15, -0.1) is 0 Å². The van der Waals surface area contributed by atoms with Crippen molar-refractivity contribution < 1.29 is 0 Å². The second kappa shape index (κ2) is 6.00. The summed E-state index contributed by atoms with van der Waals surface area (Å²) in [5.74, 6) is 1.73. The van der Waals surface area contributed by atoms with Gasteiger partial charge < -0.3 is 0 Å². The van der Waals surface area contributed by atoms with E-state index in [0.717, 1.165) is 11.8 Å². The molecular formula is C18H24S. The smallest absolute Gasteiger partial charge is 0.00550 e. The Bertz CT molecular complexity index is 451. The van der Waals surface area contributed by atoms with Crippen LogP contribution in [-0.4, -0.2) is 0 Å². The van der Waals surface area contributed by atoms with Gasteiger partial charge in [-0.25, -0.2) is 0 Å². The Hall–Kier alpha value is -0.950. The zero-order valence-corrected chi connectivity index (χ0v) is 12.7. The van der Waals surface area contributed by atoms with Crippen LogP contribution < -0.4 is 0 Å². The van der Waals surface area contributed by atoms with Gasteiger partial charge >= 0.3 is 0 Å². The van der Waals surface area contributed by atoms with Crippen LogP contribution in [0.1, 0.15) is 50.5 Å². The summed E-state index contributed by atoms with van der Waals surface area (Å²) >= 11 is 0. The molecule has 0 radical (unpaired) electrons. The molecule has 0 aromatic heterocycles. The minimum absolute atomic E-state index is 0.147. The van der Waals surface area contributed by atoms with E-state index in [1.165, 1.54) is 37.0 Å². The van der Waals surface area contributed by atoms with Gasteiger partial charge in [0.15, 0.2) is 0 Å². The van der Waals surface area contributed by atoms with Gasteiger partial charge in [-0.05, 0) is 64.5 Å². The van der Waals surface area contributed by atoms with E-state index in [1.54, 1.807) is 5.56 Å². The molecule has 1 aromatic rings. The molecule has 0 amide bonds. The standard InChI is InChI=1S/C18H24S/c1-2-18(15-7-3-4-8-15)16-9-11-17(12-10-16)19-13-5-6-14-19/h5-6,9-15,18-19H,2-4,7-8H2,1H3. The Morgan fingerprint density at radius 1 is 1.05 bits per heavy atom. The monoisotopic (exact) mass is 272 g/mol. The number of thiol groups is 1. The van der Waals surface area contributed by atoms with Gasteiger partial charge in [0, 0.05) is 0 Å². The third kappa shape index (κ3) is 2.81. The van der Waals surface area contributed by atoms with Crippen molar-refractivity contribution >= 4 is 10.9 Å². The summed E-state index contributed by atoms with van der Waals surface area (Å²) < 4.78 is 0. The molecule has 3 rings (SSSR count). The molecule has 1 heteroatoms. The topological polar surface area (TPSA) is 0 Å². The lowest BCUT2D eigenvalue weighted by Crippen LogP contribution is -2.08. The quantitative estimate of drug-likeness (QED) is 0.661. The maximum atomic E-state index is 2.39. The first-order valence-corrected chi connectivity index (χ1v) is 9.10. The van der Waals surface area contributed by atoms with Crippen LogP contribution in [0.2, 0.25) is 0 Å². The van der Waals surface area contributed by atoms with Gasteiger partial charge in [0.1, 0.15) is 0 Å². The van der Waals surface area contributed by atoms with Gasteiger partial charge in [0.05, 0.1) is 0 Å². The van der Waals surface area contributed by atoms with Gasteiger partial charge in [-0.2, -0.15) is 10.9 Å². The lowest BCUT2D eigenvalue weighted by Gasteiger charge is -2.23. The van der Waals surface area contributed by atoms with Crippen molar-refractivity contribution in [3.63, 3.8) is 0 Å². The summed E-state index contributed by atoms with van der Waals surface area (Å²) in [5.41, 5.74) is 1.57. The average Bonchev–Trinajstić information content (AvgIpc) is 3.14. The fourth-order valence-electron chi connectivity index (χ4n) is 3.60. The van der Waals surface area contributed by atoms with Crippen molar-refractivity contribution in [2.45, 2.75) is 49.8 Å². The highest BCUT2D eigenvalue weighted by Crippen LogP contribution is 2.43. The first-order valence-electron chi connectivity index (χ1n) is 7.62. The van der Waals surface area contributed by atoms with Crippen molar-refractivity contribution in [1.82, 2.24) is 0 Å². The third-order valence-corrected chi connectivity index (χ3v) is 6.51. The van der Waals surface area contributed by atoms with Crippen LogP contribution >= 0.6 is 10.9 Å². The van der Waals surface area contributed by atoms with Crippen LogP contribution in [0.4, 0.5) is 0 Å². The maximum Gasteiger partial charge on any atom is -0.00550 e. The molecule has 102 valence electrons. The second-order valence-corrected chi connectivity index (χ2v) is 7.67. The molecule has 0 bridgehead atoms. The van der Waals surface area contributed by atoms with Gasteiger partial charge in [0.25, 0.3) is 0 Å². The van der Waals surface area contributed by atoms with Crippen LogP contribution in [0.5, 0.6) is 0 Å². The first-order chi connectivity index (χ1) is 9.38. The maximum absolute atomic E-state index is 2.39. The molecule has 0 spiro atoms. The molecule has 0 nitrogen and oxygen atoms in total. The molecular weight excluding hydrogens is 248 g/mol.